The number of hydrogen-bond acceptors (Lipinski definition) is 3. The molecule has 4 heteroatoms. The zero-order valence-electron chi connectivity index (χ0n) is 9.38. The zero-order valence-corrected chi connectivity index (χ0v) is 9.38. The van der Waals surface area contributed by atoms with Gasteiger partial charge in [-0.15, -0.1) is 0 Å². The molecule has 0 aromatic heterocycles. The van der Waals surface area contributed by atoms with E-state index in [-0.39, 0.29) is 12.4 Å². The number of carboxylic acids is 1. The summed E-state index contributed by atoms with van der Waals surface area (Å²) in [5.41, 5.74) is -1.69. The molecule has 0 aromatic rings. The molecule has 0 unspecified atom stereocenters. The van der Waals surface area contributed by atoms with Gasteiger partial charge in [-0.1, -0.05) is 0 Å². The molecule has 0 saturated carbocycles. The van der Waals surface area contributed by atoms with Gasteiger partial charge in [-0.25, -0.2) is 0 Å². The Balaban J connectivity index is 4.66. The Labute approximate surface area is 84.3 Å². The number of hydrogen-bond donors (Lipinski definition) is 1. The molecule has 0 saturated heterocycles. The van der Waals surface area contributed by atoms with Crippen molar-refractivity contribution in [2.45, 2.75) is 34.1 Å². The third-order valence-corrected chi connectivity index (χ3v) is 2.20. The average Bonchev–Trinajstić information content (AvgIpc) is 2.00. The van der Waals surface area contributed by atoms with Crippen molar-refractivity contribution >= 4 is 11.9 Å². The molecule has 0 atom stereocenters. The van der Waals surface area contributed by atoms with Crippen molar-refractivity contribution in [2.24, 2.45) is 10.8 Å². The fraction of sp³-hybridized carbons (Fsp3) is 0.800. The molecule has 1 N–H and O–H groups in total. The first kappa shape index (κ1) is 12.9. The van der Waals surface area contributed by atoms with Crippen LogP contribution in [0.4, 0.5) is 0 Å². The highest BCUT2D eigenvalue weighted by molar-refractivity contribution is 5.79. The normalized spacial score (nSPS) is 12.4. The van der Waals surface area contributed by atoms with Gasteiger partial charge in [0.15, 0.2) is 0 Å². The van der Waals surface area contributed by atoms with Gasteiger partial charge in [0.1, 0.15) is 0 Å². The van der Waals surface area contributed by atoms with Crippen molar-refractivity contribution in [2.75, 3.05) is 7.11 Å². The SMILES string of the molecule is COC(=O)C(C)(C)CC(C)(C)C(=O)O. The lowest BCUT2D eigenvalue weighted by Crippen LogP contribution is -2.35. The number of aliphatic carboxylic acids is 1. The summed E-state index contributed by atoms with van der Waals surface area (Å²) in [4.78, 5) is 22.2. The highest BCUT2D eigenvalue weighted by Gasteiger charge is 2.39. The van der Waals surface area contributed by atoms with Gasteiger partial charge in [0, 0.05) is 0 Å². The maximum atomic E-state index is 11.3. The summed E-state index contributed by atoms with van der Waals surface area (Å²) in [5.74, 6) is -1.29. The molecule has 82 valence electrons. The maximum Gasteiger partial charge on any atom is 0.311 e. The molecule has 0 spiro atoms. The minimum absolute atomic E-state index is 0.252. The summed E-state index contributed by atoms with van der Waals surface area (Å²) in [6, 6.07) is 0. The molecule has 0 rings (SSSR count). The van der Waals surface area contributed by atoms with Crippen LogP contribution in [0, 0.1) is 10.8 Å². The molecule has 0 heterocycles. The van der Waals surface area contributed by atoms with Crippen molar-refractivity contribution < 1.29 is 19.4 Å². The topological polar surface area (TPSA) is 63.6 Å². The van der Waals surface area contributed by atoms with E-state index in [1.807, 2.05) is 0 Å². The zero-order chi connectivity index (χ0) is 11.6. The van der Waals surface area contributed by atoms with Crippen LogP contribution in [0.25, 0.3) is 0 Å². The second-order valence-corrected chi connectivity index (χ2v) is 4.74. The molecule has 4 nitrogen and oxygen atoms in total. The van der Waals surface area contributed by atoms with Crippen LogP contribution < -0.4 is 0 Å². The van der Waals surface area contributed by atoms with Crippen LogP contribution >= 0.6 is 0 Å². The number of ether oxygens (including phenoxy) is 1. The van der Waals surface area contributed by atoms with E-state index in [4.69, 9.17) is 5.11 Å². The Bertz CT molecular complexity index is 241. The van der Waals surface area contributed by atoms with E-state index in [1.54, 1.807) is 27.7 Å². The van der Waals surface area contributed by atoms with Gasteiger partial charge in [-0.05, 0) is 34.1 Å². The predicted molar refractivity (Wildman–Crippen MR) is 51.8 cm³/mol. The van der Waals surface area contributed by atoms with Crippen LogP contribution in [-0.2, 0) is 14.3 Å². The van der Waals surface area contributed by atoms with E-state index >= 15 is 0 Å². The van der Waals surface area contributed by atoms with Crippen LogP contribution in [0.5, 0.6) is 0 Å². The van der Waals surface area contributed by atoms with E-state index in [0.29, 0.717) is 0 Å². The molecule has 0 aliphatic carbocycles. The number of carboxylic acid groups (broad SMARTS) is 1. The van der Waals surface area contributed by atoms with Gasteiger partial charge >= 0.3 is 11.9 Å². The van der Waals surface area contributed by atoms with Gasteiger partial charge < -0.3 is 9.84 Å². The summed E-state index contributed by atoms with van der Waals surface area (Å²) >= 11 is 0. The summed E-state index contributed by atoms with van der Waals surface area (Å²) in [5, 5.41) is 8.91. The van der Waals surface area contributed by atoms with E-state index < -0.39 is 16.8 Å². The summed E-state index contributed by atoms with van der Waals surface area (Å²) in [6.07, 6.45) is 0.252. The lowest BCUT2D eigenvalue weighted by molar-refractivity contribution is -0.156. The highest BCUT2D eigenvalue weighted by atomic mass is 16.5. The Morgan fingerprint density at radius 3 is 1.86 bits per heavy atom. The standard InChI is InChI=1S/C10H18O4/c1-9(2,7(11)12)6-10(3,4)8(13)14-5/h6H2,1-5H3,(H,11,12). The molecule has 14 heavy (non-hydrogen) atoms. The fourth-order valence-electron chi connectivity index (χ4n) is 1.53. The number of methoxy groups -OCH3 is 1. The molecular formula is C10H18O4. The number of esters is 1. The molecule has 0 aromatic carbocycles. The largest absolute Gasteiger partial charge is 0.481 e. The van der Waals surface area contributed by atoms with Gasteiger partial charge in [-0.2, -0.15) is 0 Å². The van der Waals surface area contributed by atoms with Gasteiger partial charge in [0.2, 0.25) is 0 Å². The van der Waals surface area contributed by atoms with Crippen LogP contribution in [-0.4, -0.2) is 24.2 Å². The number of rotatable bonds is 4. The Morgan fingerprint density at radius 2 is 1.57 bits per heavy atom. The van der Waals surface area contributed by atoms with E-state index in [1.165, 1.54) is 7.11 Å². The number of carbonyl (C=O) groups is 2. The molecule has 0 fully saturated rings. The molecular weight excluding hydrogens is 184 g/mol. The maximum absolute atomic E-state index is 11.3. The molecule has 0 amide bonds. The minimum atomic E-state index is -0.919. The third kappa shape index (κ3) is 3.01. The third-order valence-electron chi connectivity index (χ3n) is 2.20. The van der Waals surface area contributed by atoms with Crippen molar-refractivity contribution in [1.29, 1.82) is 0 Å². The average molecular weight is 202 g/mol. The van der Waals surface area contributed by atoms with E-state index in [2.05, 4.69) is 4.74 Å². The smallest absolute Gasteiger partial charge is 0.311 e. The minimum Gasteiger partial charge on any atom is -0.481 e. The second kappa shape index (κ2) is 3.98. The van der Waals surface area contributed by atoms with Crippen molar-refractivity contribution in [3.05, 3.63) is 0 Å². The summed E-state index contributed by atoms with van der Waals surface area (Å²) in [7, 11) is 1.30. The summed E-state index contributed by atoms with van der Waals surface area (Å²) in [6.45, 7) is 6.56. The fourth-order valence-corrected chi connectivity index (χ4v) is 1.53. The first-order chi connectivity index (χ1) is 6.13. The van der Waals surface area contributed by atoms with Crippen LogP contribution in [0.2, 0.25) is 0 Å². The van der Waals surface area contributed by atoms with Gasteiger partial charge in [-0.3, -0.25) is 9.59 Å². The predicted octanol–water partition coefficient (Wildman–Crippen LogP) is 1.69. The van der Waals surface area contributed by atoms with Crippen molar-refractivity contribution in [3.8, 4) is 0 Å². The lowest BCUT2D eigenvalue weighted by atomic mass is 9.75. The van der Waals surface area contributed by atoms with Crippen LogP contribution in [0.15, 0.2) is 0 Å². The molecule has 0 bridgehead atoms. The highest BCUT2D eigenvalue weighted by Crippen LogP contribution is 2.34. The lowest BCUT2D eigenvalue weighted by Gasteiger charge is -2.29. The van der Waals surface area contributed by atoms with E-state index in [0.717, 1.165) is 0 Å². The number of carbonyl (C=O) groups excluding carboxylic acids is 1. The molecule has 0 aliphatic rings. The van der Waals surface area contributed by atoms with Crippen LogP contribution in [0.3, 0.4) is 0 Å². The van der Waals surface area contributed by atoms with Gasteiger partial charge in [0.25, 0.3) is 0 Å². The van der Waals surface area contributed by atoms with E-state index in [9.17, 15) is 9.59 Å². The van der Waals surface area contributed by atoms with Gasteiger partial charge in [0.05, 0.1) is 17.9 Å². The first-order valence-corrected chi connectivity index (χ1v) is 4.45. The molecule has 0 radical (unpaired) electrons. The van der Waals surface area contributed by atoms with Crippen molar-refractivity contribution in [3.63, 3.8) is 0 Å². The van der Waals surface area contributed by atoms with Crippen molar-refractivity contribution in [1.82, 2.24) is 0 Å². The monoisotopic (exact) mass is 202 g/mol. The quantitative estimate of drug-likeness (QED) is 0.704. The Morgan fingerprint density at radius 1 is 1.14 bits per heavy atom. The Kier molecular flexibility index (Phi) is 3.68. The second-order valence-electron chi connectivity index (χ2n) is 4.74. The van der Waals surface area contributed by atoms with Crippen LogP contribution in [0.1, 0.15) is 34.1 Å². The summed E-state index contributed by atoms with van der Waals surface area (Å²) < 4.78 is 4.61. The first-order valence-electron chi connectivity index (χ1n) is 4.45. The Hall–Kier alpha value is -1.06. The molecule has 0 aliphatic heterocycles.